The molecule has 0 aliphatic carbocycles. The Bertz CT molecular complexity index is 963. The maximum Gasteiger partial charge on any atom is 0.307 e. The van der Waals surface area contributed by atoms with E-state index in [2.05, 4.69) is 11.8 Å². The van der Waals surface area contributed by atoms with Crippen molar-refractivity contribution >= 4 is 11.9 Å². The predicted molar refractivity (Wildman–Crippen MR) is 128 cm³/mol. The van der Waals surface area contributed by atoms with Crippen molar-refractivity contribution in [2.45, 2.75) is 64.3 Å². The summed E-state index contributed by atoms with van der Waals surface area (Å²) in [5.41, 5.74) is 3.33. The van der Waals surface area contributed by atoms with Gasteiger partial charge in [0.2, 0.25) is 0 Å². The molecule has 1 N–H and O–H groups in total. The summed E-state index contributed by atoms with van der Waals surface area (Å²) in [4.78, 5) is 22.7. The first-order valence-corrected chi connectivity index (χ1v) is 11.9. The number of carbonyl (C=O) groups is 2. The molecule has 1 heterocycles. The van der Waals surface area contributed by atoms with Crippen molar-refractivity contribution in [2.75, 3.05) is 13.2 Å². The van der Waals surface area contributed by atoms with Gasteiger partial charge in [-0.25, -0.2) is 0 Å². The number of aliphatic carboxylic acids is 1. The highest BCUT2D eigenvalue weighted by Crippen LogP contribution is 2.14. The number of esters is 1. The minimum atomic E-state index is -0.851. The number of unbranched alkanes of at least 4 members (excludes halogenated alkanes) is 2. The lowest BCUT2D eigenvalue weighted by molar-refractivity contribution is -0.163. The number of carbonyl (C=O) groups excluding carboxylic acids is 1. The molecule has 34 heavy (non-hydrogen) atoms. The van der Waals surface area contributed by atoms with Crippen LogP contribution < -0.4 is 0 Å². The van der Waals surface area contributed by atoms with Crippen LogP contribution >= 0.6 is 0 Å². The van der Waals surface area contributed by atoms with Crippen molar-refractivity contribution in [1.29, 1.82) is 0 Å². The van der Waals surface area contributed by atoms with Gasteiger partial charge in [-0.3, -0.25) is 9.59 Å². The third-order valence-corrected chi connectivity index (χ3v) is 5.48. The highest BCUT2D eigenvalue weighted by atomic mass is 16.7. The maximum atomic E-state index is 12.0. The second-order valence-corrected chi connectivity index (χ2v) is 8.35. The van der Waals surface area contributed by atoms with Crippen LogP contribution in [0.3, 0.4) is 0 Å². The zero-order chi connectivity index (χ0) is 24.0. The topological polar surface area (TPSA) is 82.1 Å². The summed E-state index contributed by atoms with van der Waals surface area (Å²) in [7, 11) is 0. The first kappa shape index (κ1) is 25.5. The molecule has 1 aliphatic rings. The van der Waals surface area contributed by atoms with Crippen LogP contribution in [-0.4, -0.2) is 36.5 Å². The highest BCUT2D eigenvalue weighted by Gasteiger charge is 2.13. The molecule has 2 aromatic carbocycles. The number of rotatable bonds is 11. The first-order chi connectivity index (χ1) is 16.6. The summed E-state index contributed by atoms with van der Waals surface area (Å²) >= 11 is 0. The molecule has 2 aromatic rings. The molecule has 6 heteroatoms. The van der Waals surface area contributed by atoms with Gasteiger partial charge in [-0.05, 0) is 67.5 Å². The smallest absolute Gasteiger partial charge is 0.307 e. The molecular weight excluding hydrogens is 432 g/mol. The molecule has 3 rings (SSSR count). The fourth-order valence-electron chi connectivity index (χ4n) is 3.55. The normalized spacial score (nSPS) is 15.2. The van der Waals surface area contributed by atoms with E-state index in [0.29, 0.717) is 13.0 Å². The van der Waals surface area contributed by atoms with E-state index in [-0.39, 0.29) is 25.3 Å². The van der Waals surface area contributed by atoms with Gasteiger partial charge in [0.15, 0.2) is 6.29 Å². The van der Waals surface area contributed by atoms with E-state index in [1.165, 1.54) is 6.42 Å². The van der Waals surface area contributed by atoms with Crippen LogP contribution in [-0.2, 0) is 36.8 Å². The lowest BCUT2D eigenvalue weighted by Crippen LogP contribution is -2.22. The average Bonchev–Trinajstić information content (AvgIpc) is 2.85. The van der Waals surface area contributed by atoms with Crippen LogP contribution in [0.1, 0.15) is 67.2 Å². The molecule has 0 bridgehead atoms. The van der Waals surface area contributed by atoms with E-state index in [9.17, 15) is 9.59 Å². The van der Waals surface area contributed by atoms with Gasteiger partial charge >= 0.3 is 11.9 Å². The first-order valence-electron chi connectivity index (χ1n) is 11.9. The predicted octanol–water partition coefficient (Wildman–Crippen LogP) is 4.86. The molecule has 0 radical (unpaired) electrons. The Balaban J connectivity index is 1.30. The summed E-state index contributed by atoms with van der Waals surface area (Å²) < 4.78 is 16.6. The Morgan fingerprint density at radius 3 is 2.21 bits per heavy atom. The number of hydrogen-bond donors (Lipinski definition) is 1. The molecule has 0 amide bonds. The van der Waals surface area contributed by atoms with E-state index in [1.54, 1.807) is 12.1 Å². The van der Waals surface area contributed by atoms with Crippen molar-refractivity contribution in [1.82, 2.24) is 0 Å². The molecule has 180 valence electrons. The molecule has 1 fully saturated rings. The minimum absolute atomic E-state index is 0.00488. The molecule has 6 nitrogen and oxygen atoms in total. The molecule has 1 saturated heterocycles. The molecule has 1 unspecified atom stereocenters. The van der Waals surface area contributed by atoms with Crippen molar-refractivity contribution in [3.63, 3.8) is 0 Å². The average molecular weight is 465 g/mol. The van der Waals surface area contributed by atoms with Crippen LogP contribution in [0.5, 0.6) is 0 Å². The Morgan fingerprint density at radius 2 is 1.59 bits per heavy atom. The molecule has 1 aliphatic heterocycles. The van der Waals surface area contributed by atoms with Gasteiger partial charge in [-0.15, -0.1) is 0 Å². The lowest BCUT2D eigenvalue weighted by Gasteiger charge is -2.22. The van der Waals surface area contributed by atoms with E-state index < -0.39 is 5.97 Å². The molecular formula is C28H32O6. The molecule has 0 aromatic heterocycles. The lowest BCUT2D eigenvalue weighted by atomic mass is 10.1. The number of ether oxygens (including phenoxy) is 3. The summed E-state index contributed by atoms with van der Waals surface area (Å²) in [6.07, 6.45) is 6.27. The Kier molecular flexibility index (Phi) is 10.6. The zero-order valence-corrected chi connectivity index (χ0v) is 19.5. The Labute approximate surface area is 201 Å². The van der Waals surface area contributed by atoms with Crippen LogP contribution in [0.2, 0.25) is 0 Å². The van der Waals surface area contributed by atoms with E-state index in [1.807, 2.05) is 36.4 Å². The van der Waals surface area contributed by atoms with Gasteiger partial charge in [0.05, 0.1) is 6.42 Å². The van der Waals surface area contributed by atoms with E-state index in [4.69, 9.17) is 19.3 Å². The SMILES string of the molecule is O=C(O)Cc1ccc(C#Cc2ccc(COC(=O)CCCCCOC3CCCCO3)cc2)cc1. The van der Waals surface area contributed by atoms with E-state index >= 15 is 0 Å². The number of benzene rings is 2. The van der Waals surface area contributed by atoms with Gasteiger partial charge in [-0.1, -0.05) is 42.5 Å². The van der Waals surface area contributed by atoms with Crippen LogP contribution in [0.25, 0.3) is 0 Å². The second-order valence-electron chi connectivity index (χ2n) is 8.35. The number of carboxylic acids is 1. The summed E-state index contributed by atoms with van der Waals surface area (Å²) in [6.45, 7) is 1.71. The van der Waals surface area contributed by atoms with E-state index in [0.717, 1.165) is 61.0 Å². The monoisotopic (exact) mass is 464 g/mol. The largest absolute Gasteiger partial charge is 0.481 e. The molecule has 1 atom stereocenters. The standard InChI is InChI=1S/C28H32O6/c29-26(30)20-24-14-10-22(11-15-24)8-9-23-12-16-25(17-13-23)21-34-27(31)6-2-1-4-18-32-28-7-3-5-19-33-28/h10-17,28H,1-7,18-21H2,(H,29,30). The minimum Gasteiger partial charge on any atom is -0.481 e. The van der Waals surface area contributed by atoms with Crippen LogP contribution in [0.15, 0.2) is 48.5 Å². The van der Waals surface area contributed by atoms with Crippen molar-refractivity contribution in [3.8, 4) is 11.8 Å². The Hall–Kier alpha value is -3.14. The van der Waals surface area contributed by atoms with Gasteiger partial charge in [0.1, 0.15) is 6.61 Å². The summed E-state index contributed by atoms with van der Waals surface area (Å²) in [5, 5.41) is 8.82. The quantitative estimate of drug-likeness (QED) is 0.291. The fourth-order valence-corrected chi connectivity index (χ4v) is 3.55. The summed E-state index contributed by atoms with van der Waals surface area (Å²) in [6, 6.07) is 14.8. The third-order valence-electron chi connectivity index (χ3n) is 5.48. The second kappa shape index (κ2) is 14.2. The fraction of sp³-hybridized carbons (Fsp3) is 0.429. The highest BCUT2D eigenvalue weighted by molar-refractivity contribution is 5.70. The Morgan fingerprint density at radius 1 is 0.912 bits per heavy atom. The third kappa shape index (κ3) is 9.78. The maximum absolute atomic E-state index is 12.0. The van der Waals surface area contributed by atoms with Crippen LogP contribution in [0.4, 0.5) is 0 Å². The van der Waals surface area contributed by atoms with Crippen molar-refractivity contribution in [3.05, 3.63) is 70.8 Å². The van der Waals surface area contributed by atoms with Crippen molar-refractivity contribution < 1.29 is 28.9 Å². The molecule has 0 spiro atoms. The number of carboxylic acid groups (broad SMARTS) is 1. The van der Waals surface area contributed by atoms with Gasteiger partial charge < -0.3 is 19.3 Å². The van der Waals surface area contributed by atoms with Gasteiger partial charge in [0.25, 0.3) is 0 Å². The summed E-state index contributed by atoms with van der Waals surface area (Å²) in [5.74, 6) is 5.12. The number of hydrogen-bond acceptors (Lipinski definition) is 5. The zero-order valence-electron chi connectivity index (χ0n) is 19.5. The van der Waals surface area contributed by atoms with Crippen LogP contribution in [0, 0.1) is 11.8 Å². The molecule has 0 saturated carbocycles. The van der Waals surface area contributed by atoms with Gasteiger partial charge in [-0.2, -0.15) is 0 Å². The van der Waals surface area contributed by atoms with Gasteiger partial charge in [0, 0.05) is 30.8 Å². The van der Waals surface area contributed by atoms with Crippen molar-refractivity contribution in [2.24, 2.45) is 0 Å².